The van der Waals surface area contributed by atoms with Crippen LogP contribution in [-0.4, -0.2) is 34.7 Å². The number of rotatable bonds is 4. The molecule has 1 atom stereocenters. The fraction of sp³-hybridized carbons (Fsp3) is 0.238. The van der Waals surface area contributed by atoms with Gasteiger partial charge in [-0.05, 0) is 35.7 Å². The van der Waals surface area contributed by atoms with E-state index in [1.165, 1.54) is 17.0 Å². The molecule has 2 aromatic carbocycles. The number of nitrogens with one attached hydrogen (secondary N) is 3. The highest BCUT2D eigenvalue weighted by atomic mass is 35.5. The van der Waals surface area contributed by atoms with Crippen molar-refractivity contribution < 1.29 is 19.2 Å². The van der Waals surface area contributed by atoms with E-state index in [1.807, 2.05) is 6.07 Å². The Morgan fingerprint density at radius 2 is 1.81 bits per heavy atom. The highest BCUT2D eigenvalue weighted by Gasteiger charge is 2.39. The fourth-order valence-electron chi connectivity index (χ4n) is 3.74. The van der Waals surface area contributed by atoms with Gasteiger partial charge in [0.25, 0.3) is 5.91 Å². The molecule has 0 aliphatic carbocycles. The van der Waals surface area contributed by atoms with Gasteiger partial charge in [0.05, 0.1) is 15.7 Å². The molecule has 0 radical (unpaired) electrons. The topological polar surface area (TPSA) is 108 Å². The van der Waals surface area contributed by atoms with Crippen LogP contribution in [0.3, 0.4) is 0 Å². The monoisotopic (exact) mass is 494 g/mol. The number of hydrogen-bond acceptors (Lipinski definition) is 4. The molecule has 8 nitrogen and oxygen atoms in total. The Hall–Kier alpha value is -2.81. The largest absolute Gasteiger partial charge is 0.334 e. The van der Waals surface area contributed by atoms with Crippen LogP contribution < -0.4 is 16.0 Å². The molecule has 4 rings (SSSR count). The molecule has 2 aliphatic rings. The number of nitrogens with zero attached hydrogens (tertiary/aromatic N) is 1. The second-order valence-corrected chi connectivity index (χ2v) is 8.69. The van der Waals surface area contributed by atoms with E-state index < -0.39 is 18.0 Å². The van der Waals surface area contributed by atoms with Gasteiger partial charge in [-0.25, -0.2) is 4.79 Å². The Kier molecular flexibility index (Phi) is 6.28. The van der Waals surface area contributed by atoms with Crippen molar-refractivity contribution in [1.29, 1.82) is 0 Å². The molecule has 1 saturated heterocycles. The van der Waals surface area contributed by atoms with Crippen LogP contribution in [-0.2, 0) is 22.7 Å². The number of urea groups is 1. The zero-order chi connectivity index (χ0) is 23.0. The zero-order valence-corrected chi connectivity index (χ0v) is 18.8. The summed E-state index contributed by atoms with van der Waals surface area (Å²) in [5.74, 6) is -1.04. The van der Waals surface area contributed by atoms with E-state index in [9.17, 15) is 19.2 Å². The number of halogens is 3. The van der Waals surface area contributed by atoms with Gasteiger partial charge in [-0.3, -0.25) is 19.7 Å². The molecule has 0 saturated carbocycles. The summed E-state index contributed by atoms with van der Waals surface area (Å²) in [6, 6.07) is 6.96. The SMILES string of the molecule is O=C1CCC(N2Cc3cc(CNC(=O)Nc4c(Cl)cc(Cl)cc4Cl)ccc3C2=O)C(=O)N1. The van der Waals surface area contributed by atoms with Crippen molar-refractivity contribution in [2.75, 3.05) is 5.32 Å². The van der Waals surface area contributed by atoms with Gasteiger partial charge in [-0.1, -0.05) is 46.9 Å². The summed E-state index contributed by atoms with van der Waals surface area (Å²) >= 11 is 18.0. The molecule has 0 spiro atoms. The first-order valence-electron chi connectivity index (χ1n) is 9.69. The normalized spacial score (nSPS) is 17.8. The first kappa shape index (κ1) is 22.4. The lowest BCUT2D eigenvalue weighted by Crippen LogP contribution is -2.52. The van der Waals surface area contributed by atoms with Gasteiger partial charge in [0.2, 0.25) is 11.8 Å². The minimum absolute atomic E-state index is 0.189. The Balaban J connectivity index is 1.40. The molecule has 2 heterocycles. The highest BCUT2D eigenvalue weighted by Crippen LogP contribution is 2.33. The Bertz CT molecular complexity index is 1130. The fourth-order valence-corrected chi connectivity index (χ4v) is 4.65. The van der Waals surface area contributed by atoms with Crippen molar-refractivity contribution in [2.24, 2.45) is 0 Å². The summed E-state index contributed by atoms with van der Waals surface area (Å²) in [5.41, 5.74) is 2.27. The van der Waals surface area contributed by atoms with Gasteiger partial charge in [0, 0.05) is 30.1 Å². The number of carbonyl (C=O) groups is 4. The van der Waals surface area contributed by atoms with E-state index in [0.29, 0.717) is 17.0 Å². The quantitative estimate of drug-likeness (QED) is 0.562. The van der Waals surface area contributed by atoms with E-state index in [1.54, 1.807) is 12.1 Å². The molecule has 11 heteroatoms. The lowest BCUT2D eigenvalue weighted by molar-refractivity contribution is -0.136. The molecule has 0 aromatic heterocycles. The predicted molar refractivity (Wildman–Crippen MR) is 120 cm³/mol. The van der Waals surface area contributed by atoms with Crippen molar-refractivity contribution in [3.63, 3.8) is 0 Å². The van der Waals surface area contributed by atoms with Gasteiger partial charge in [0.15, 0.2) is 0 Å². The highest BCUT2D eigenvalue weighted by molar-refractivity contribution is 6.42. The second kappa shape index (κ2) is 8.97. The third-order valence-electron chi connectivity index (χ3n) is 5.29. The lowest BCUT2D eigenvalue weighted by Gasteiger charge is -2.29. The Morgan fingerprint density at radius 1 is 1.09 bits per heavy atom. The number of hydrogen-bond donors (Lipinski definition) is 3. The molecule has 5 amide bonds. The maximum absolute atomic E-state index is 12.7. The van der Waals surface area contributed by atoms with Crippen LogP contribution in [0.5, 0.6) is 0 Å². The maximum Gasteiger partial charge on any atom is 0.319 e. The van der Waals surface area contributed by atoms with Crippen LogP contribution in [0.1, 0.15) is 34.3 Å². The van der Waals surface area contributed by atoms with Gasteiger partial charge in [0.1, 0.15) is 6.04 Å². The third kappa shape index (κ3) is 4.53. The first-order chi connectivity index (χ1) is 15.2. The minimum atomic E-state index is -0.672. The molecule has 2 aliphatic heterocycles. The number of piperidine rings is 1. The van der Waals surface area contributed by atoms with Crippen LogP contribution in [0.25, 0.3) is 0 Å². The first-order valence-corrected chi connectivity index (χ1v) is 10.8. The van der Waals surface area contributed by atoms with Crippen molar-refractivity contribution in [3.8, 4) is 0 Å². The molecule has 1 fully saturated rings. The van der Waals surface area contributed by atoms with Crippen LogP contribution in [0.4, 0.5) is 10.5 Å². The van der Waals surface area contributed by atoms with Gasteiger partial charge in [-0.15, -0.1) is 0 Å². The van der Waals surface area contributed by atoms with Crippen molar-refractivity contribution in [1.82, 2.24) is 15.5 Å². The third-order valence-corrected chi connectivity index (χ3v) is 6.10. The van der Waals surface area contributed by atoms with Crippen molar-refractivity contribution in [2.45, 2.75) is 32.0 Å². The zero-order valence-electron chi connectivity index (χ0n) is 16.5. The minimum Gasteiger partial charge on any atom is -0.334 e. The average molecular weight is 496 g/mol. The van der Waals surface area contributed by atoms with Gasteiger partial charge < -0.3 is 15.5 Å². The summed E-state index contributed by atoms with van der Waals surface area (Å²) in [6.45, 7) is 0.449. The Labute approximate surface area is 198 Å². The van der Waals surface area contributed by atoms with E-state index in [4.69, 9.17) is 34.8 Å². The van der Waals surface area contributed by atoms with Gasteiger partial charge >= 0.3 is 6.03 Å². The van der Waals surface area contributed by atoms with Crippen LogP contribution >= 0.6 is 34.8 Å². The number of benzene rings is 2. The molecule has 32 heavy (non-hydrogen) atoms. The Morgan fingerprint density at radius 3 is 2.50 bits per heavy atom. The summed E-state index contributed by atoms with van der Waals surface area (Å²) in [5, 5.41) is 8.34. The van der Waals surface area contributed by atoms with E-state index >= 15 is 0 Å². The number of amides is 5. The van der Waals surface area contributed by atoms with Crippen LogP contribution in [0.2, 0.25) is 15.1 Å². The van der Waals surface area contributed by atoms with Crippen LogP contribution in [0.15, 0.2) is 30.3 Å². The molecule has 3 N–H and O–H groups in total. The smallest absolute Gasteiger partial charge is 0.319 e. The summed E-state index contributed by atoms with van der Waals surface area (Å²) < 4.78 is 0. The predicted octanol–water partition coefficient (Wildman–Crippen LogP) is 3.73. The maximum atomic E-state index is 12.7. The van der Waals surface area contributed by atoms with Gasteiger partial charge in [-0.2, -0.15) is 0 Å². The number of imide groups is 1. The second-order valence-electron chi connectivity index (χ2n) is 7.44. The average Bonchev–Trinajstić information content (AvgIpc) is 3.05. The summed E-state index contributed by atoms with van der Waals surface area (Å²) in [6.07, 6.45) is 0.497. The number of fused-ring (bicyclic) bond motifs is 1. The van der Waals surface area contributed by atoms with E-state index in [-0.39, 0.29) is 47.1 Å². The molecule has 0 bridgehead atoms. The van der Waals surface area contributed by atoms with Crippen molar-refractivity contribution in [3.05, 3.63) is 62.1 Å². The van der Waals surface area contributed by atoms with Crippen molar-refractivity contribution >= 4 is 64.2 Å². The molecule has 2 aromatic rings. The van der Waals surface area contributed by atoms with E-state index in [0.717, 1.165) is 11.1 Å². The lowest BCUT2D eigenvalue weighted by atomic mass is 10.0. The van der Waals surface area contributed by atoms with E-state index in [2.05, 4.69) is 16.0 Å². The molecular formula is C21H17Cl3N4O4. The standard InChI is InChI=1S/C21H17Cl3N4O4/c22-12-6-14(23)18(15(24)7-12)27-21(32)25-8-10-1-2-13-11(5-10)9-28(20(13)31)16-3-4-17(29)26-19(16)30/h1-2,5-7,16H,3-4,8-9H2,(H2,25,27,32)(H,26,29,30). The number of anilines is 1. The molecule has 1 unspecified atom stereocenters. The summed E-state index contributed by atoms with van der Waals surface area (Å²) in [4.78, 5) is 50.0. The molecule has 166 valence electrons. The summed E-state index contributed by atoms with van der Waals surface area (Å²) in [7, 11) is 0. The van der Waals surface area contributed by atoms with Crippen LogP contribution in [0, 0.1) is 0 Å². The molecular weight excluding hydrogens is 479 g/mol. The number of carbonyl (C=O) groups excluding carboxylic acids is 4.